The average Bonchev–Trinajstić information content (AvgIpc) is 2.56. The lowest BCUT2D eigenvalue weighted by molar-refractivity contribution is -0.384. The Morgan fingerprint density at radius 3 is 2.74 bits per heavy atom. The van der Waals surface area contributed by atoms with Crippen LogP contribution in [0.5, 0.6) is 11.5 Å². The van der Waals surface area contributed by atoms with Gasteiger partial charge in [0.25, 0.3) is 0 Å². The van der Waals surface area contributed by atoms with Gasteiger partial charge in [0.15, 0.2) is 11.5 Å². The van der Waals surface area contributed by atoms with Crippen molar-refractivity contribution >= 4 is 11.5 Å². The van der Waals surface area contributed by atoms with E-state index in [9.17, 15) is 10.1 Å². The molecule has 0 bridgehead atoms. The molecule has 0 aliphatic heterocycles. The molecule has 0 fully saturated rings. The van der Waals surface area contributed by atoms with Gasteiger partial charge < -0.3 is 14.4 Å². The average molecular weight is 317 g/mol. The Balaban J connectivity index is 2.24. The molecule has 7 heteroatoms. The van der Waals surface area contributed by atoms with Crippen molar-refractivity contribution in [2.24, 2.45) is 0 Å². The Hall–Kier alpha value is -2.83. The molecule has 1 aromatic carbocycles. The van der Waals surface area contributed by atoms with Crippen molar-refractivity contribution in [3.05, 3.63) is 52.2 Å². The lowest BCUT2D eigenvalue weighted by Gasteiger charge is -2.19. The summed E-state index contributed by atoms with van der Waals surface area (Å²) in [6.07, 6.45) is 1.54. The summed E-state index contributed by atoms with van der Waals surface area (Å²) in [4.78, 5) is 16.5. The van der Waals surface area contributed by atoms with Crippen LogP contribution in [0.4, 0.5) is 11.5 Å². The van der Waals surface area contributed by atoms with Crippen LogP contribution in [0.25, 0.3) is 0 Å². The summed E-state index contributed by atoms with van der Waals surface area (Å²) in [6, 6.07) is 8.58. The lowest BCUT2D eigenvalue weighted by atomic mass is 10.2. The van der Waals surface area contributed by atoms with E-state index in [1.807, 2.05) is 25.1 Å². The maximum absolute atomic E-state index is 11.1. The van der Waals surface area contributed by atoms with Gasteiger partial charge in [-0.05, 0) is 30.7 Å². The molecule has 0 saturated heterocycles. The molecular formula is C16H19N3O4. The number of nitrogens with zero attached hydrogens (tertiary/aromatic N) is 3. The third-order valence-electron chi connectivity index (χ3n) is 3.27. The zero-order valence-corrected chi connectivity index (χ0v) is 13.4. The summed E-state index contributed by atoms with van der Waals surface area (Å²) in [5, 5.41) is 11.1. The zero-order valence-electron chi connectivity index (χ0n) is 13.4. The van der Waals surface area contributed by atoms with Crippen molar-refractivity contribution in [3.63, 3.8) is 0 Å². The molecule has 7 nitrogen and oxygen atoms in total. The van der Waals surface area contributed by atoms with Crippen molar-refractivity contribution in [2.45, 2.75) is 13.5 Å². The first kappa shape index (κ1) is 16.5. The van der Waals surface area contributed by atoms with Crippen molar-refractivity contribution in [1.82, 2.24) is 4.98 Å². The number of nitro groups is 1. The van der Waals surface area contributed by atoms with Gasteiger partial charge in [-0.2, -0.15) is 0 Å². The summed E-state index contributed by atoms with van der Waals surface area (Å²) in [7, 11) is 3.34. The quantitative estimate of drug-likeness (QED) is 0.577. The van der Waals surface area contributed by atoms with E-state index in [-0.39, 0.29) is 5.69 Å². The Morgan fingerprint density at radius 2 is 2.09 bits per heavy atom. The summed E-state index contributed by atoms with van der Waals surface area (Å²) >= 11 is 0. The molecule has 2 aromatic rings. The SMILES string of the molecule is CCOc1ccc(CN(C)c2ncccc2[N+](=O)[O-])cc1OC. The minimum absolute atomic E-state index is 0.0205. The van der Waals surface area contributed by atoms with Gasteiger partial charge in [0.1, 0.15) is 0 Å². The largest absolute Gasteiger partial charge is 0.493 e. The van der Waals surface area contributed by atoms with Crippen LogP contribution in [0.1, 0.15) is 12.5 Å². The van der Waals surface area contributed by atoms with Crippen molar-refractivity contribution in [1.29, 1.82) is 0 Å². The fourth-order valence-corrected chi connectivity index (χ4v) is 2.26. The molecule has 0 atom stereocenters. The summed E-state index contributed by atoms with van der Waals surface area (Å²) in [5.41, 5.74) is 0.917. The first-order chi connectivity index (χ1) is 11.1. The number of rotatable bonds is 7. The minimum atomic E-state index is -0.433. The highest BCUT2D eigenvalue weighted by Gasteiger charge is 2.18. The van der Waals surface area contributed by atoms with Crippen LogP contribution in [0, 0.1) is 10.1 Å². The number of pyridine rings is 1. The predicted molar refractivity (Wildman–Crippen MR) is 87.2 cm³/mol. The fourth-order valence-electron chi connectivity index (χ4n) is 2.26. The Labute approximate surface area is 134 Å². The van der Waals surface area contributed by atoms with Gasteiger partial charge in [-0.1, -0.05) is 6.07 Å². The van der Waals surface area contributed by atoms with Crippen molar-refractivity contribution < 1.29 is 14.4 Å². The van der Waals surface area contributed by atoms with Gasteiger partial charge in [-0.25, -0.2) is 4.98 Å². The van der Waals surface area contributed by atoms with Crippen LogP contribution >= 0.6 is 0 Å². The molecular weight excluding hydrogens is 298 g/mol. The van der Waals surface area contributed by atoms with Gasteiger partial charge in [0, 0.05) is 25.9 Å². The third-order valence-corrected chi connectivity index (χ3v) is 3.27. The Bertz CT molecular complexity index is 691. The smallest absolute Gasteiger partial charge is 0.311 e. The van der Waals surface area contributed by atoms with Crippen molar-refractivity contribution in [2.75, 3.05) is 25.7 Å². The van der Waals surface area contributed by atoms with E-state index in [0.717, 1.165) is 5.56 Å². The Kier molecular flexibility index (Phi) is 5.35. The van der Waals surface area contributed by atoms with Crippen LogP contribution in [0.15, 0.2) is 36.5 Å². The van der Waals surface area contributed by atoms with E-state index >= 15 is 0 Å². The minimum Gasteiger partial charge on any atom is -0.493 e. The van der Waals surface area contributed by atoms with E-state index in [1.54, 1.807) is 25.1 Å². The van der Waals surface area contributed by atoms with Crippen LogP contribution in [0.2, 0.25) is 0 Å². The summed E-state index contributed by atoms with van der Waals surface area (Å²) in [5.74, 6) is 1.63. The number of methoxy groups -OCH3 is 1. The number of ether oxygens (including phenoxy) is 2. The first-order valence-electron chi connectivity index (χ1n) is 7.17. The van der Waals surface area contributed by atoms with Gasteiger partial charge >= 0.3 is 5.69 Å². The number of aromatic nitrogens is 1. The molecule has 23 heavy (non-hydrogen) atoms. The fraction of sp³-hybridized carbons (Fsp3) is 0.312. The van der Waals surface area contributed by atoms with Crippen molar-refractivity contribution in [3.8, 4) is 11.5 Å². The molecule has 0 aliphatic rings. The van der Waals surface area contributed by atoms with Gasteiger partial charge in [0.2, 0.25) is 5.82 Å². The van der Waals surface area contributed by atoms with Gasteiger partial charge in [-0.15, -0.1) is 0 Å². The molecule has 1 aromatic heterocycles. The maximum Gasteiger partial charge on any atom is 0.311 e. The molecule has 0 unspecified atom stereocenters. The number of benzene rings is 1. The molecule has 0 aliphatic carbocycles. The van der Waals surface area contributed by atoms with E-state index in [2.05, 4.69) is 4.98 Å². The van der Waals surface area contributed by atoms with Gasteiger partial charge in [0.05, 0.1) is 18.6 Å². The molecule has 122 valence electrons. The molecule has 0 N–H and O–H groups in total. The van der Waals surface area contributed by atoms with E-state index in [4.69, 9.17) is 9.47 Å². The topological polar surface area (TPSA) is 77.7 Å². The molecule has 1 heterocycles. The summed E-state index contributed by atoms with van der Waals surface area (Å²) < 4.78 is 10.8. The molecule has 0 radical (unpaired) electrons. The monoisotopic (exact) mass is 317 g/mol. The first-order valence-corrected chi connectivity index (χ1v) is 7.17. The van der Waals surface area contributed by atoms with E-state index < -0.39 is 4.92 Å². The third kappa shape index (κ3) is 3.88. The zero-order chi connectivity index (χ0) is 16.8. The standard InChI is InChI=1S/C16H19N3O4/c1-4-23-14-8-7-12(10-15(14)22-3)11-18(2)16-13(19(20)21)6-5-9-17-16/h5-10H,4,11H2,1-3H3. The number of hydrogen-bond acceptors (Lipinski definition) is 6. The second-order valence-corrected chi connectivity index (χ2v) is 4.88. The van der Waals surface area contributed by atoms with E-state index in [0.29, 0.717) is 30.5 Å². The molecule has 2 rings (SSSR count). The second-order valence-electron chi connectivity index (χ2n) is 4.88. The normalized spacial score (nSPS) is 10.2. The van der Waals surface area contributed by atoms with Gasteiger partial charge in [-0.3, -0.25) is 10.1 Å². The maximum atomic E-state index is 11.1. The molecule has 0 saturated carbocycles. The number of anilines is 1. The highest BCUT2D eigenvalue weighted by Crippen LogP contribution is 2.30. The van der Waals surface area contributed by atoms with Crippen LogP contribution in [-0.4, -0.2) is 30.7 Å². The Morgan fingerprint density at radius 1 is 1.30 bits per heavy atom. The van der Waals surface area contributed by atoms with E-state index in [1.165, 1.54) is 12.3 Å². The van der Waals surface area contributed by atoms with Crippen LogP contribution in [0.3, 0.4) is 0 Å². The lowest BCUT2D eigenvalue weighted by Crippen LogP contribution is -2.19. The highest BCUT2D eigenvalue weighted by atomic mass is 16.6. The van der Waals surface area contributed by atoms with Crippen LogP contribution < -0.4 is 14.4 Å². The number of hydrogen-bond donors (Lipinski definition) is 0. The second kappa shape index (κ2) is 7.44. The summed E-state index contributed by atoms with van der Waals surface area (Å²) in [6.45, 7) is 2.91. The predicted octanol–water partition coefficient (Wildman–Crippen LogP) is 3.03. The molecule has 0 amide bonds. The van der Waals surface area contributed by atoms with Crippen LogP contribution in [-0.2, 0) is 6.54 Å². The molecule has 0 spiro atoms. The highest BCUT2D eigenvalue weighted by molar-refractivity contribution is 5.57.